The molecule has 1 fully saturated rings. The fourth-order valence-electron chi connectivity index (χ4n) is 3.18. The second-order valence-electron chi connectivity index (χ2n) is 6.15. The average molecular weight is 405 g/mol. The van der Waals surface area contributed by atoms with Crippen molar-refractivity contribution in [1.82, 2.24) is 5.01 Å². The van der Waals surface area contributed by atoms with E-state index in [9.17, 15) is 9.59 Å². The summed E-state index contributed by atoms with van der Waals surface area (Å²) in [5.74, 6) is -0.345. The summed E-state index contributed by atoms with van der Waals surface area (Å²) in [4.78, 5) is 26.8. The van der Waals surface area contributed by atoms with E-state index in [4.69, 9.17) is 27.9 Å². The lowest BCUT2D eigenvalue weighted by molar-refractivity contribution is -0.123. The zero-order chi connectivity index (χ0) is 19.1. The maximum atomic E-state index is 13.0. The fourth-order valence-corrected chi connectivity index (χ4v) is 3.56. The van der Waals surface area contributed by atoms with Crippen LogP contribution >= 0.6 is 23.2 Å². The molecule has 4 rings (SSSR count). The Hall–Kier alpha value is -2.64. The lowest BCUT2D eigenvalue weighted by atomic mass is 10.1. The van der Waals surface area contributed by atoms with Crippen LogP contribution in [0.15, 0.2) is 52.8 Å². The van der Waals surface area contributed by atoms with Crippen molar-refractivity contribution in [3.8, 4) is 5.75 Å². The van der Waals surface area contributed by atoms with E-state index in [0.29, 0.717) is 28.0 Å². The van der Waals surface area contributed by atoms with Crippen LogP contribution in [0.2, 0.25) is 10.0 Å². The summed E-state index contributed by atoms with van der Waals surface area (Å²) in [5.41, 5.74) is 1.29. The van der Waals surface area contributed by atoms with E-state index < -0.39 is 18.0 Å². The largest absolute Gasteiger partial charge is 0.495 e. The number of methoxy groups -OCH3 is 1. The summed E-state index contributed by atoms with van der Waals surface area (Å²) < 4.78 is 5.11. The first-order valence-electron chi connectivity index (χ1n) is 8.13. The standard InChI is InChI=1S/C18H14Cl2N4O3/c1-27-14-7-6-12(8-13(14)20)24-17(25)15-16(18(24)26)23(22-21-15)9-10-2-4-11(19)5-3-10/h2-8,15-16H,9H2,1H3/t15-,16-/m1/s1. The van der Waals surface area contributed by atoms with Gasteiger partial charge in [0.1, 0.15) is 5.75 Å². The van der Waals surface area contributed by atoms with Crippen molar-refractivity contribution in [3.63, 3.8) is 0 Å². The van der Waals surface area contributed by atoms with Crippen LogP contribution in [0.25, 0.3) is 0 Å². The number of imide groups is 1. The zero-order valence-corrected chi connectivity index (χ0v) is 15.7. The third kappa shape index (κ3) is 3.02. The van der Waals surface area contributed by atoms with Crippen LogP contribution in [0, 0.1) is 0 Å². The molecule has 0 radical (unpaired) electrons. The van der Waals surface area contributed by atoms with Gasteiger partial charge in [-0.3, -0.25) is 14.6 Å². The smallest absolute Gasteiger partial charge is 0.263 e. The van der Waals surface area contributed by atoms with E-state index >= 15 is 0 Å². The van der Waals surface area contributed by atoms with Gasteiger partial charge in [-0.25, -0.2) is 4.90 Å². The second-order valence-corrected chi connectivity index (χ2v) is 6.99. The number of fused-ring (bicyclic) bond motifs is 1. The lowest BCUT2D eigenvalue weighted by Gasteiger charge is -2.21. The topological polar surface area (TPSA) is 74.6 Å². The van der Waals surface area contributed by atoms with E-state index in [0.717, 1.165) is 10.5 Å². The Morgan fingerprint density at radius 2 is 1.81 bits per heavy atom. The Morgan fingerprint density at radius 1 is 1.07 bits per heavy atom. The van der Waals surface area contributed by atoms with E-state index in [2.05, 4.69) is 10.3 Å². The second kappa shape index (κ2) is 6.83. The summed E-state index contributed by atoms with van der Waals surface area (Å²) in [6.07, 6.45) is 0. The molecule has 2 amide bonds. The van der Waals surface area contributed by atoms with Gasteiger partial charge in [0.2, 0.25) is 0 Å². The van der Waals surface area contributed by atoms with Gasteiger partial charge in [-0.05, 0) is 35.9 Å². The van der Waals surface area contributed by atoms with E-state index in [-0.39, 0.29) is 5.91 Å². The minimum absolute atomic E-state index is 0.312. The van der Waals surface area contributed by atoms with Gasteiger partial charge in [-0.2, -0.15) is 5.11 Å². The molecular formula is C18H14Cl2N4O3. The van der Waals surface area contributed by atoms with E-state index in [1.807, 2.05) is 12.1 Å². The Morgan fingerprint density at radius 3 is 2.48 bits per heavy atom. The molecule has 2 aromatic rings. The summed E-state index contributed by atoms with van der Waals surface area (Å²) in [6.45, 7) is 0.345. The van der Waals surface area contributed by atoms with Gasteiger partial charge >= 0.3 is 0 Å². The summed E-state index contributed by atoms with van der Waals surface area (Å²) >= 11 is 12.0. The molecule has 27 heavy (non-hydrogen) atoms. The number of hydrogen-bond acceptors (Lipinski definition) is 6. The molecule has 0 aromatic heterocycles. The normalized spacial score (nSPS) is 21.1. The maximum Gasteiger partial charge on any atom is 0.263 e. The number of rotatable bonds is 4. The third-order valence-corrected chi connectivity index (χ3v) is 5.06. The fraction of sp³-hybridized carbons (Fsp3) is 0.222. The van der Waals surface area contributed by atoms with E-state index in [1.54, 1.807) is 24.3 Å². The average Bonchev–Trinajstić information content (AvgIpc) is 3.17. The summed E-state index contributed by atoms with van der Waals surface area (Å²) in [6, 6.07) is 10.3. The molecule has 0 N–H and O–H groups in total. The number of nitrogens with zero attached hydrogens (tertiary/aromatic N) is 4. The van der Waals surface area contributed by atoms with Crippen molar-refractivity contribution in [2.24, 2.45) is 10.3 Å². The molecule has 1 saturated heterocycles. The van der Waals surface area contributed by atoms with Gasteiger partial charge in [-0.15, -0.1) is 0 Å². The van der Waals surface area contributed by atoms with Crippen LogP contribution in [0.5, 0.6) is 5.75 Å². The molecule has 0 aliphatic carbocycles. The van der Waals surface area contributed by atoms with Crippen LogP contribution in [0.3, 0.4) is 0 Å². The van der Waals surface area contributed by atoms with Gasteiger partial charge in [-0.1, -0.05) is 40.6 Å². The predicted molar refractivity (Wildman–Crippen MR) is 99.9 cm³/mol. The highest BCUT2D eigenvalue weighted by Crippen LogP contribution is 2.35. The molecule has 0 unspecified atom stereocenters. The highest BCUT2D eigenvalue weighted by molar-refractivity contribution is 6.33. The molecule has 2 heterocycles. The number of carbonyl (C=O) groups is 2. The highest BCUT2D eigenvalue weighted by Gasteiger charge is 2.54. The van der Waals surface area contributed by atoms with Gasteiger partial charge in [0.15, 0.2) is 12.1 Å². The lowest BCUT2D eigenvalue weighted by Crippen LogP contribution is -2.39. The van der Waals surface area contributed by atoms with Crippen LogP contribution in [-0.4, -0.2) is 36.0 Å². The van der Waals surface area contributed by atoms with Gasteiger partial charge < -0.3 is 4.74 Å². The molecule has 2 aromatic carbocycles. The van der Waals surface area contributed by atoms with Crippen molar-refractivity contribution < 1.29 is 14.3 Å². The molecule has 0 saturated carbocycles. The highest BCUT2D eigenvalue weighted by atomic mass is 35.5. The van der Waals surface area contributed by atoms with Crippen LogP contribution in [0.1, 0.15) is 5.56 Å². The molecule has 0 bridgehead atoms. The molecule has 138 valence electrons. The van der Waals surface area contributed by atoms with Crippen LogP contribution in [0.4, 0.5) is 5.69 Å². The van der Waals surface area contributed by atoms with Crippen molar-refractivity contribution in [2.75, 3.05) is 12.0 Å². The predicted octanol–water partition coefficient (Wildman–Crippen LogP) is 3.50. The molecule has 7 nitrogen and oxygen atoms in total. The number of carbonyl (C=O) groups excluding carboxylic acids is 2. The number of anilines is 1. The van der Waals surface area contributed by atoms with Crippen molar-refractivity contribution >= 4 is 40.7 Å². The number of hydrogen-bond donors (Lipinski definition) is 0. The molecular weight excluding hydrogens is 391 g/mol. The van der Waals surface area contributed by atoms with Gasteiger partial charge in [0, 0.05) is 5.02 Å². The third-order valence-electron chi connectivity index (χ3n) is 4.51. The minimum Gasteiger partial charge on any atom is -0.495 e. The first-order valence-corrected chi connectivity index (χ1v) is 8.88. The van der Waals surface area contributed by atoms with Crippen LogP contribution in [-0.2, 0) is 16.1 Å². The van der Waals surface area contributed by atoms with Crippen molar-refractivity contribution in [1.29, 1.82) is 0 Å². The summed E-state index contributed by atoms with van der Waals surface area (Å²) in [7, 11) is 1.49. The SMILES string of the molecule is COc1ccc(N2C(=O)[C@@H]3N=NN(Cc4ccc(Cl)cc4)[C@H]3C2=O)cc1Cl. The first kappa shape index (κ1) is 17.8. The summed E-state index contributed by atoms with van der Waals surface area (Å²) in [5, 5.41) is 10.5. The van der Waals surface area contributed by atoms with Gasteiger partial charge in [0.25, 0.3) is 11.8 Å². The van der Waals surface area contributed by atoms with Crippen LogP contribution < -0.4 is 9.64 Å². The molecule has 2 atom stereocenters. The number of benzene rings is 2. The molecule has 9 heteroatoms. The number of ether oxygens (including phenoxy) is 1. The Labute approximate surface area is 165 Å². The Bertz CT molecular complexity index is 948. The van der Waals surface area contributed by atoms with E-state index in [1.165, 1.54) is 18.2 Å². The monoisotopic (exact) mass is 404 g/mol. The number of halogens is 2. The maximum absolute atomic E-state index is 13.0. The van der Waals surface area contributed by atoms with Crippen molar-refractivity contribution in [2.45, 2.75) is 18.6 Å². The Balaban J connectivity index is 1.59. The molecule has 0 spiro atoms. The quantitative estimate of drug-likeness (QED) is 0.730. The molecule has 2 aliphatic rings. The Kier molecular flexibility index (Phi) is 4.49. The first-order chi connectivity index (χ1) is 13.0. The molecule has 2 aliphatic heterocycles. The zero-order valence-electron chi connectivity index (χ0n) is 14.2. The number of amides is 2. The van der Waals surface area contributed by atoms with Gasteiger partial charge in [0.05, 0.1) is 24.4 Å². The minimum atomic E-state index is -0.856. The van der Waals surface area contributed by atoms with Crippen molar-refractivity contribution in [3.05, 3.63) is 58.1 Å².